The van der Waals surface area contributed by atoms with Gasteiger partial charge < -0.3 is 14.6 Å². The third kappa shape index (κ3) is 4.29. The summed E-state index contributed by atoms with van der Waals surface area (Å²) < 4.78 is 5.04. The number of benzene rings is 1. The van der Waals surface area contributed by atoms with Crippen molar-refractivity contribution in [1.29, 1.82) is 0 Å². The average Bonchev–Trinajstić information content (AvgIpc) is 3.31. The summed E-state index contributed by atoms with van der Waals surface area (Å²) in [5.41, 5.74) is 1.33. The molecule has 0 bridgehead atoms. The molecular weight excluding hydrogens is 366 g/mol. The maximum absolute atomic E-state index is 12.3. The fourth-order valence-electron chi connectivity index (χ4n) is 2.44. The quantitative estimate of drug-likeness (QED) is 0.659. The molecule has 3 rings (SSSR count). The second kappa shape index (κ2) is 7.96. The van der Waals surface area contributed by atoms with Gasteiger partial charge in [0, 0.05) is 19.5 Å². The Hall–Kier alpha value is -3.26. The molecule has 0 unspecified atom stereocenters. The Labute approximate surface area is 159 Å². The van der Waals surface area contributed by atoms with Gasteiger partial charge in [-0.05, 0) is 12.1 Å². The maximum Gasteiger partial charge on any atom is 0.289 e. The minimum atomic E-state index is -0.416. The van der Waals surface area contributed by atoms with E-state index in [1.54, 1.807) is 6.07 Å². The molecule has 0 spiro atoms. The van der Waals surface area contributed by atoms with Gasteiger partial charge in [-0.1, -0.05) is 41.7 Å². The third-order valence-electron chi connectivity index (χ3n) is 3.70. The highest BCUT2D eigenvalue weighted by molar-refractivity contribution is 7.18. The topological polar surface area (TPSA) is 92.5 Å². The van der Waals surface area contributed by atoms with Crippen LogP contribution in [0.25, 0.3) is 11.3 Å². The van der Waals surface area contributed by atoms with Crippen LogP contribution in [0.2, 0.25) is 0 Å². The Balaban J connectivity index is 1.73. The van der Waals surface area contributed by atoms with Crippen molar-refractivity contribution in [2.75, 3.05) is 18.9 Å². The number of anilines is 1. The van der Waals surface area contributed by atoms with E-state index in [1.165, 1.54) is 31.2 Å². The fourth-order valence-corrected chi connectivity index (χ4v) is 3.34. The Morgan fingerprint density at radius 1 is 1.15 bits per heavy atom. The number of furan rings is 1. The standard InChI is InChI=1S/C19H17N3O4S/c1-12(23)17-16(13-7-4-3-5-8-13)21-19(27-17)20-15(24)11-22(2)18(25)14-9-6-10-26-14/h3-10H,11H2,1-2H3,(H,20,21,24). The van der Waals surface area contributed by atoms with Gasteiger partial charge in [0.1, 0.15) is 6.54 Å². The van der Waals surface area contributed by atoms with Crippen LogP contribution in [-0.4, -0.2) is 41.1 Å². The molecule has 2 aromatic heterocycles. The fraction of sp³-hybridized carbons (Fsp3) is 0.158. The zero-order valence-corrected chi connectivity index (χ0v) is 15.6. The van der Waals surface area contributed by atoms with Gasteiger partial charge in [0.2, 0.25) is 5.91 Å². The lowest BCUT2D eigenvalue weighted by atomic mass is 10.1. The molecule has 0 aliphatic heterocycles. The van der Waals surface area contributed by atoms with Gasteiger partial charge in [0.15, 0.2) is 16.7 Å². The maximum atomic E-state index is 12.3. The molecule has 0 saturated carbocycles. The van der Waals surface area contributed by atoms with Gasteiger partial charge >= 0.3 is 0 Å². The van der Waals surface area contributed by atoms with Crippen LogP contribution in [0.4, 0.5) is 5.13 Å². The minimum absolute atomic E-state index is 0.128. The summed E-state index contributed by atoms with van der Waals surface area (Å²) in [5.74, 6) is -0.786. The number of carbonyl (C=O) groups excluding carboxylic acids is 3. The summed E-state index contributed by atoms with van der Waals surface area (Å²) >= 11 is 1.11. The zero-order valence-electron chi connectivity index (χ0n) is 14.8. The Morgan fingerprint density at radius 3 is 2.52 bits per heavy atom. The molecule has 1 aromatic carbocycles. The highest BCUT2D eigenvalue weighted by Gasteiger charge is 2.20. The second-order valence-electron chi connectivity index (χ2n) is 5.81. The van der Waals surface area contributed by atoms with Crippen LogP contribution >= 0.6 is 11.3 Å². The van der Waals surface area contributed by atoms with Crippen LogP contribution in [0.3, 0.4) is 0 Å². The van der Waals surface area contributed by atoms with Crippen LogP contribution < -0.4 is 5.32 Å². The van der Waals surface area contributed by atoms with Gasteiger partial charge in [-0.3, -0.25) is 14.4 Å². The number of likely N-dealkylation sites (N-methyl/N-ethyl adjacent to an activating group) is 1. The average molecular weight is 383 g/mol. The first-order valence-electron chi connectivity index (χ1n) is 8.11. The van der Waals surface area contributed by atoms with Crippen LogP contribution in [0.1, 0.15) is 27.2 Å². The lowest BCUT2D eigenvalue weighted by Gasteiger charge is -2.14. The van der Waals surface area contributed by atoms with Crippen LogP contribution in [0, 0.1) is 0 Å². The summed E-state index contributed by atoms with van der Waals surface area (Å²) in [6.07, 6.45) is 1.39. The van der Waals surface area contributed by atoms with Crippen molar-refractivity contribution in [1.82, 2.24) is 9.88 Å². The number of aromatic nitrogens is 1. The SMILES string of the molecule is CC(=O)c1sc(NC(=O)CN(C)C(=O)c2ccco2)nc1-c1ccccc1. The number of hydrogen-bond donors (Lipinski definition) is 1. The van der Waals surface area contributed by atoms with Gasteiger partial charge in [0.05, 0.1) is 16.8 Å². The highest BCUT2D eigenvalue weighted by atomic mass is 32.1. The van der Waals surface area contributed by atoms with E-state index >= 15 is 0 Å². The van der Waals surface area contributed by atoms with E-state index in [9.17, 15) is 14.4 Å². The van der Waals surface area contributed by atoms with E-state index in [-0.39, 0.29) is 18.1 Å². The summed E-state index contributed by atoms with van der Waals surface area (Å²) in [4.78, 5) is 42.4. The first-order chi connectivity index (χ1) is 13.0. The second-order valence-corrected chi connectivity index (χ2v) is 6.80. The van der Waals surface area contributed by atoms with E-state index in [0.717, 1.165) is 16.9 Å². The molecule has 8 heteroatoms. The summed E-state index contributed by atoms with van der Waals surface area (Å²) in [6, 6.07) is 12.4. The number of amides is 2. The lowest BCUT2D eigenvalue weighted by Crippen LogP contribution is -2.34. The van der Waals surface area contributed by atoms with Crippen molar-refractivity contribution in [2.45, 2.75) is 6.92 Å². The number of thiazole rings is 1. The van der Waals surface area contributed by atoms with Crippen molar-refractivity contribution >= 4 is 34.1 Å². The summed E-state index contributed by atoms with van der Waals surface area (Å²) in [7, 11) is 1.50. The molecule has 0 aliphatic carbocycles. The van der Waals surface area contributed by atoms with Crippen molar-refractivity contribution in [3.63, 3.8) is 0 Å². The molecule has 3 aromatic rings. The number of hydrogen-bond acceptors (Lipinski definition) is 6. The summed E-state index contributed by atoms with van der Waals surface area (Å²) in [5, 5.41) is 2.96. The summed E-state index contributed by atoms with van der Waals surface area (Å²) in [6.45, 7) is 1.29. The number of nitrogens with zero attached hydrogens (tertiary/aromatic N) is 2. The molecule has 2 amide bonds. The molecule has 138 valence electrons. The smallest absolute Gasteiger partial charge is 0.289 e. The largest absolute Gasteiger partial charge is 0.459 e. The number of carbonyl (C=O) groups is 3. The van der Waals surface area contributed by atoms with Gasteiger partial charge in [0.25, 0.3) is 5.91 Å². The molecule has 7 nitrogen and oxygen atoms in total. The van der Waals surface area contributed by atoms with Gasteiger partial charge in [-0.15, -0.1) is 0 Å². The van der Waals surface area contributed by atoms with Crippen molar-refractivity contribution in [2.24, 2.45) is 0 Å². The van der Waals surface area contributed by atoms with E-state index in [2.05, 4.69) is 10.3 Å². The normalized spacial score (nSPS) is 10.4. The van der Waals surface area contributed by atoms with Crippen molar-refractivity contribution in [3.05, 3.63) is 59.4 Å². The van der Waals surface area contributed by atoms with Gasteiger partial charge in [-0.2, -0.15) is 0 Å². The first kappa shape index (κ1) is 18.5. The molecule has 2 heterocycles. The molecule has 0 atom stereocenters. The number of Topliss-reactive ketones (excluding diaryl/α,β-unsaturated/α-hetero) is 1. The van der Waals surface area contributed by atoms with E-state index in [4.69, 9.17) is 4.42 Å². The molecule has 0 saturated heterocycles. The highest BCUT2D eigenvalue weighted by Crippen LogP contribution is 2.31. The van der Waals surface area contributed by atoms with Crippen molar-refractivity contribution < 1.29 is 18.8 Å². The minimum Gasteiger partial charge on any atom is -0.459 e. The molecule has 1 N–H and O–H groups in total. The van der Waals surface area contributed by atoms with Crippen LogP contribution in [0.15, 0.2) is 53.1 Å². The number of nitrogens with one attached hydrogen (secondary N) is 1. The van der Waals surface area contributed by atoms with Crippen LogP contribution in [0.5, 0.6) is 0 Å². The van der Waals surface area contributed by atoms with E-state index in [0.29, 0.717) is 15.7 Å². The molecule has 0 radical (unpaired) electrons. The lowest BCUT2D eigenvalue weighted by molar-refractivity contribution is -0.116. The Kier molecular flexibility index (Phi) is 5.46. The Morgan fingerprint density at radius 2 is 1.89 bits per heavy atom. The van der Waals surface area contributed by atoms with Gasteiger partial charge in [-0.25, -0.2) is 4.98 Å². The predicted molar refractivity (Wildman–Crippen MR) is 102 cm³/mol. The van der Waals surface area contributed by atoms with Crippen LogP contribution in [-0.2, 0) is 4.79 Å². The molecular formula is C19H17N3O4S. The monoisotopic (exact) mass is 383 g/mol. The molecule has 27 heavy (non-hydrogen) atoms. The first-order valence-corrected chi connectivity index (χ1v) is 8.93. The number of rotatable bonds is 6. The number of ketones is 1. The molecule has 0 aliphatic rings. The van der Waals surface area contributed by atoms with E-state index in [1.807, 2.05) is 30.3 Å². The Bertz CT molecular complexity index is 964. The van der Waals surface area contributed by atoms with E-state index < -0.39 is 11.8 Å². The molecule has 0 fully saturated rings. The predicted octanol–water partition coefficient (Wildman–Crippen LogP) is 3.32. The third-order valence-corrected chi connectivity index (χ3v) is 4.77. The van der Waals surface area contributed by atoms with Crippen molar-refractivity contribution in [3.8, 4) is 11.3 Å². The zero-order chi connectivity index (χ0) is 19.4.